The third-order valence-electron chi connectivity index (χ3n) is 2.72. The molecule has 2 aromatic carbocycles. The van der Waals surface area contributed by atoms with E-state index in [-0.39, 0.29) is 0 Å². The lowest BCUT2D eigenvalue weighted by atomic mass is 10.2. The fraction of sp³-hybridized carbons (Fsp3) is 0.200. The predicted molar refractivity (Wildman–Crippen MR) is 76.4 cm³/mol. The molecule has 0 aliphatic rings. The number of hydrogen-bond donors (Lipinski definition) is 2. The van der Waals surface area contributed by atoms with Crippen molar-refractivity contribution in [1.82, 2.24) is 0 Å². The fourth-order valence-corrected chi connectivity index (χ4v) is 1.68. The van der Waals surface area contributed by atoms with Crippen LogP contribution in [0.1, 0.15) is 5.56 Å². The molecule has 0 unspecified atom stereocenters. The minimum Gasteiger partial charge on any atom is -0.490 e. The molecule has 0 aliphatic heterocycles. The molecule has 0 radical (unpaired) electrons. The van der Waals surface area contributed by atoms with Crippen LogP contribution >= 0.6 is 0 Å². The van der Waals surface area contributed by atoms with Gasteiger partial charge in [0.2, 0.25) is 0 Å². The molecule has 0 aromatic heterocycles. The van der Waals surface area contributed by atoms with Gasteiger partial charge in [0.1, 0.15) is 24.7 Å². The van der Waals surface area contributed by atoms with Crippen LogP contribution in [0.2, 0.25) is 0 Å². The maximum absolute atomic E-state index is 5.65. The largest absolute Gasteiger partial charge is 0.490 e. The van der Waals surface area contributed by atoms with Crippen molar-refractivity contribution >= 4 is 5.69 Å². The Kier molecular flexibility index (Phi) is 4.64. The van der Waals surface area contributed by atoms with Crippen LogP contribution in [0.5, 0.6) is 11.5 Å². The van der Waals surface area contributed by atoms with Crippen LogP contribution in [0.3, 0.4) is 0 Å². The summed E-state index contributed by atoms with van der Waals surface area (Å²) in [5.74, 6) is 6.98. The summed E-state index contributed by atoms with van der Waals surface area (Å²) >= 11 is 0. The molecule has 19 heavy (non-hydrogen) atoms. The van der Waals surface area contributed by atoms with E-state index in [2.05, 4.69) is 5.43 Å². The zero-order valence-electron chi connectivity index (χ0n) is 10.9. The summed E-state index contributed by atoms with van der Waals surface area (Å²) in [7, 11) is 0. The minimum atomic E-state index is 0.504. The maximum atomic E-state index is 5.65. The molecule has 0 atom stereocenters. The fourth-order valence-electron chi connectivity index (χ4n) is 1.68. The molecule has 0 spiro atoms. The normalized spacial score (nSPS) is 10.0. The van der Waals surface area contributed by atoms with Crippen molar-refractivity contribution in [2.24, 2.45) is 5.84 Å². The number of nitrogens with two attached hydrogens (primary N) is 1. The van der Waals surface area contributed by atoms with Crippen molar-refractivity contribution in [2.45, 2.75) is 6.92 Å². The second-order valence-electron chi connectivity index (χ2n) is 4.13. The third kappa shape index (κ3) is 3.89. The van der Waals surface area contributed by atoms with Crippen molar-refractivity contribution in [1.29, 1.82) is 0 Å². The molecule has 100 valence electrons. The first-order valence-electron chi connectivity index (χ1n) is 6.17. The minimum absolute atomic E-state index is 0.504. The second kappa shape index (κ2) is 6.66. The van der Waals surface area contributed by atoms with Gasteiger partial charge in [-0.25, -0.2) is 0 Å². The molecule has 0 saturated heterocycles. The van der Waals surface area contributed by atoms with Gasteiger partial charge in [-0.1, -0.05) is 18.2 Å². The number of rotatable bonds is 6. The van der Waals surface area contributed by atoms with Crippen molar-refractivity contribution in [3.8, 4) is 11.5 Å². The van der Waals surface area contributed by atoms with Crippen LogP contribution in [0, 0.1) is 6.92 Å². The van der Waals surface area contributed by atoms with Gasteiger partial charge in [-0.3, -0.25) is 5.84 Å². The quantitative estimate of drug-likeness (QED) is 0.475. The lowest BCUT2D eigenvalue weighted by Gasteiger charge is -2.10. The highest BCUT2D eigenvalue weighted by Crippen LogP contribution is 2.17. The van der Waals surface area contributed by atoms with Gasteiger partial charge in [-0.2, -0.15) is 0 Å². The number of aryl methyl sites for hydroxylation is 1. The molecule has 0 fully saturated rings. The van der Waals surface area contributed by atoms with Gasteiger partial charge >= 0.3 is 0 Å². The van der Waals surface area contributed by atoms with Crippen molar-refractivity contribution in [3.05, 3.63) is 54.1 Å². The van der Waals surface area contributed by atoms with Gasteiger partial charge in [-0.15, -0.1) is 0 Å². The number of benzene rings is 2. The van der Waals surface area contributed by atoms with E-state index in [1.807, 2.05) is 55.5 Å². The first kappa shape index (κ1) is 13.2. The molecule has 2 aromatic rings. The van der Waals surface area contributed by atoms with E-state index in [4.69, 9.17) is 15.3 Å². The number of ether oxygens (including phenoxy) is 2. The molecule has 0 aliphatic carbocycles. The maximum Gasteiger partial charge on any atom is 0.122 e. The summed E-state index contributed by atoms with van der Waals surface area (Å²) in [6.45, 7) is 3.04. The van der Waals surface area contributed by atoms with Gasteiger partial charge in [0.05, 0.1) is 0 Å². The molecule has 4 heteroatoms. The molecular formula is C15H18N2O2. The summed E-state index contributed by atoms with van der Waals surface area (Å²) < 4.78 is 11.2. The number of para-hydroxylation sites is 1. The molecule has 4 nitrogen and oxygen atoms in total. The number of anilines is 1. The first-order valence-corrected chi connectivity index (χ1v) is 6.17. The number of hydrazine groups is 1. The molecular weight excluding hydrogens is 240 g/mol. The van der Waals surface area contributed by atoms with Crippen molar-refractivity contribution in [3.63, 3.8) is 0 Å². The Morgan fingerprint density at radius 3 is 2.32 bits per heavy atom. The van der Waals surface area contributed by atoms with Gasteiger partial charge in [0, 0.05) is 5.69 Å². The van der Waals surface area contributed by atoms with Gasteiger partial charge in [0.15, 0.2) is 0 Å². The highest BCUT2D eigenvalue weighted by molar-refractivity contribution is 5.45. The van der Waals surface area contributed by atoms with Gasteiger partial charge in [-0.05, 0) is 42.8 Å². The monoisotopic (exact) mass is 258 g/mol. The third-order valence-corrected chi connectivity index (χ3v) is 2.72. The Morgan fingerprint density at radius 1 is 0.947 bits per heavy atom. The lowest BCUT2D eigenvalue weighted by Crippen LogP contribution is -2.10. The van der Waals surface area contributed by atoms with Crippen molar-refractivity contribution < 1.29 is 9.47 Å². The van der Waals surface area contributed by atoms with Crippen LogP contribution < -0.4 is 20.7 Å². The van der Waals surface area contributed by atoms with Crippen molar-refractivity contribution in [2.75, 3.05) is 18.6 Å². The molecule has 0 heterocycles. The summed E-state index contributed by atoms with van der Waals surface area (Å²) in [5, 5.41) is 0. The average Bonchev–Trinajstić information content (AvgIpc) is 2.46. The molecule has 0 saturated carbocycles. The Balaban J connectivity index is 1.76. The Morgan fingerprint density at radius 2 is 1.63 bits per heavy atom. The van der Waals surface area contributed by atoms with Gasteiger partial charge in [0.25, 0.3) is 0 Å². The van der Waals surface area contributed by atoms with Crippen LogP contribution in [-0.4, -0.2) is 13.2 Å². The summed E-state index contributed by atoms with van der Waals surface area (Å²) in [6.07, 6.45) is 0. The molecule has 0 amide bonds. The van der Waals surface area contributed by atoms with Crippen LogP contribution in [0.25, 0.3) is 0 Å². The van der Waals surface area contributed by atoms with Crippen LogP contribution in [0.4, 0.5) is 5.69 Å². The molecule has 0 bridgehead atoms. The van der Waals surface area contributed by atoms with E-state index in [0.29, 0.717) is 13.2 Å². The van der Waals surface area contributed by atoms with Gasteiger partial charge < -0.3 is 14.9 Å². The SMILES string of the molecule is Cc1ccccc1OCCOc1ccc(NN)cc1. The summed E-state index contributed by atoms with van der Waals surface area (Å²) in [4.78, 5) is 0. The Labute approximate surface area is 113 Å². The Hall–Kier alpha value is -2.20. The standard InChI is InChI=1S/C15H18N2O2/c1-12-4-2-3-5-15(12)19-11-10-18-14-8-6-13(17-16)7-9-14/h2-9,17H,10-11,16H2,1H3. The van der Waals surface area contributed by atoms with E-state index in [9.17, 15) is 0 Å². The van der Waals surface area contributed by atoms with Crippen LogP contribution in [0.15, 0.2) is 48.5 Å². The Bertz CT molecular complexity index is 512. The number of nitrogens with one attached hydrogen (secondary N) is 1. The highest BCUT2D eigenvalue weighted by atomic mass is 16.5. The van der Waals surface area contributed by atoms with E-state index in [1.165, 1.54) is 0 Å². The lowest BCUT2D eigenvalue weighted by molar-refractivity contribution is 0.216. The summed E-state index contributed by atoms with van der Waals surface area (Å²) in [5.41, 5.74) is 4.55. The second-order valence-corrected chi connectivity index (χ2v) is 4.13. The van der Waals surface area contributed by atoms with E-state index >= 15 is 0 Å². The zero-order chi connectivity index (χ0) is 13.5. The molecule has 3 N–H and O–H groups in total. The average molecular weight is 258 g/mol. The van der Waals surface area contributed by atoms with E-state index in [0.717, 1.165) is 22.7 Å². The smallest absolute Gasteiger partial charge is 0.122 e. The van der Waals surface area contributed by atoms with Crippen LogP contribution in [-0.2, 0) is 0 Å². The zero-order valence-corrected chi connectivity index (χ0v) is 10.9. The first-order chi connectivity index (χ1) is 9.29. The van der Waals surface area contributed by atoms with E-state index in [1.54, 1.807) is 0 Å². The highest BCUT2D eigenvalue weighted by Gasteiger charge is 1.98. The molecule has 2 rings (SSSR count). The summed E-state index contributed by atoms with van der Waals surface area (Å²) in [6, 6.07) is 15.4. The topological polar surface area (TPSA) is 56.5 Å². The number of nitrogen functional groups attached to an aromatic ring is 1. The number of hydrogen-bond acceptors (Lipinski definition) is 4. The predicted octanol–water partition coefficient (Wildman–Crippen LogP) is 2.74. The van der Waals surface area contributed by atoms with E-state index < -0.39 is 0 Å².